The first-order valence-electron chi connectivity index (χ1n) is 7.13. The average molecular weight is 313 g/mol. The SMILES string of the molecule is CC(C)[Si](O/C(=C\Cl)c1ncccn1)(C(C)C)C(C)C. The third-order valence-electron chi connectivity index (χ3n) is 3.88. The van der Waals surface area contributed by atoms with Crippen molar-refractivity contribution in [2.24, 2.45) is 0 Å². The van der Waals surface area contributed by atoms with Gasteiger partial charge in [0.1, 0.15) is 0 Å². The number of halogens is 1. The van der Waals surface area contributed by atoms with Crippen molar-refractivity contribution in [3.8, 4) is 0 Å². The van der Waals surface area contributed by atoms with E-state index in [0.29, 0.717) is 28.2 Å². The molecule has 3 nitrogen and oxygen atoms in total. The topological polar surface area (TPSA) is 35.0 Å². The molecule has 0 aliphatic heterocycles. The van der Waals surface area contributed by atoms with Gasteiger partial charge in [0.05, 0.1) is 0 Å². The molecule has 0 aromatic carbocycles. The lowest BCUT2D eigenvalue weighted by atomic mass is 10.5. The molecular weight excluding hydrogens is 288 g/mol. The van der Waals surface area contributed by atoms with Crippen molar-refractivity contribution in [3.05, 3.63) is 29.8 Å². The minimum Gasteiger partial charge on any atom is -0.540 e. The average Bonchev–Trinajstić information content (AvgIpc) is 2.39. The monoisotopic (exact) mass is 312 g/mol. The molecule has 1 rings (SSSR count). The summed E-state index contributed by atoms with van der Waals surface area (Å²) < 4.78 is 6.50. The van der Waals surface area contributed by atoms with Crippen molar-refractivity contribution < 1.29 is 4.43 Å². The lowest BCUT2D eigenvalue weighted by molar-refractivity contribution is 0.440. The van der Waals surface area contributed by atoms with E-state index in [1.807, 2.05) is 0 Å². The van der Waals surface area contributed by atoms with E-state index in [9.17, 15) is 0 Å². The van der Waals surface area contributed by atoms with Gasteiger partial charge in [-0.15, -0.1) is 0 Å². The zero-order valence-corrected chi connectivity index (χ0v) is 15.0. The molecular formula is C15H25ClN2OSi. The molecule has 1 heterocycles. The Morgan fingerprint density at radius 2 is 1.50 bits per heavy atom. The normalized spacial score (nSPS) is 13.4. The highest BCUT2D eigenvalue weighted by molar-refractivity contribution is 6.78. The standard InChI is InChI=1S/C15H25ClN2OSi/c1-11(2)20(12(3)4,13(5)6)19-14(10-16)15-17-8-7-9-18-15/h7-13H,1-6H3/b14-10-. The third-order valence-corrected chi connectivity index (χ3v) is 10.1. The highest BCUT2D eigenvalue weighted by Crippen LogP contribution is 2.44. The molecule has 0 unspecified atom stereocenters. The molecule has 0 saturated carbocycles. The molecule has 1 aromatic heterocycles. The molecule has 0 aliphatic carbocycles. The first-order valence-corrected chi connectivity index (χ1v) is 9.70. The molecule has 0 atom stereocenters. The van der Waals surface area contributed by atoms with Crippen LogP contribution in [0.25, 0.3) is 5.76 Å². The number of hydrogen-bond acceptors (Lipinski definition) is 3. The fraction of sp³-hybridized carbons (Fsp3) is 0.600. The molecule has 0 fully saturated rings. The fourth-order valence-corrected chi connectivity index (χ4v) is 8.54. The molecule has 112 valence electrons. The van der Waals surface area contributed by atoms with Crippen LogP contribution in [0.15, 0.2) is 24.0 Å². The van der Waals surface area contributed by atoms with Gasteiger partial charge >= 0.3 is 0 Å². The van der Waals surface area contributed by atoms with Gasteiger partial charge in [-0.1, -0.05) is 53.1 Å². The van der Waals surface area contributed by atoms with Crippen molar-refractivity contribution in [1.82, 2.24) is 9.97 Å². The van der Waals surface area contributed by atoms with Crippen LogP contribution in [0.3, 0.4) is 0 Å². The Kier molecular flexibility index (Phi) is 6.21. The summed E-state index contributed by atoms with van der Waals surface area (Å²) in [6, 6.07) is 1.79. The van der Waals surface area contributed by atoms with Crippen molar-refractivity contribution in [2.75, 3.05) is 0 Å². The largest absolute Gasteiger partial charge is 0.540 e. The third kappa shape index (κ3) is 3.41. The second-order valence-electron chi connectivity index (χ2n) is 5.97. The van der Waals surface area contributed by atoms with E-state index in [-0.39, 0.29) is 0 Å². The summed E-state index contributed by atoms with van der Waals surface area (Å²) in [5, 5.41) is 0. The Hall–Kier alpha value is -0.873. The van der Waals surface area contributed by atoms with Crippen LogP contribution in [-0.4, -0.2) is 18.3 Å². The van der Waals surface area contributed by atoms with Gasteiger partial charge in [0.25, 0.3) is 8.32 Å². The zero-order valence-electron chi connectivity index (χ0n) is 13.2. The van der Waals surface area contributed by atoms with Gasteiger partial charge in [-0.25, -0.2) is 9.97 Å². The van der Waals surface area contributed by atoms with Crippen molar-refractivity contribution in [3.63, 3.8) is 0 Å². The smallest absolute Gasteiger partial charge is 0.258 e. The Morgan fingerprint density at radius 1 is 1.05 bits per heavy atom. The Morgan fingerprint density at radius 3 is 1.85 bits per heavy atom. The summed E-state index contributed by atoms with van der Waals surface area (Å²) in [7, 11) is -2.03. The lowest BCUT2D eigenvalue weighted by Crippen LogP contribution is -2.47. The Balaban J connectivity index is 3.18. The maximum atomic E-state index is 6.50. The van der Waals surface area contributed by atoms with E-state index in [4.69, 9.17) is 16.0 Å². The van der Waals surface area contributed by atoms with Crippen LogP contribution in [-0.2, 0) is 4.43 Å². The summed E-state index contributed by atoms with van der Waals surface area (Å²) in [4.78, 5) is 8.49. The van der Waals surface area contributed by atoms with Gasteiger partial charge in [0, 0.05) is 17.9 Å². The quantitative estimate of drug-likeness (QED) is 0.534. The van der Waals surface area contributed by atoms with Crippen molar-refractivity contribution in [1.29, 1.82) is 0 Å². The minimum atomic E-state index is -2.03. The van der Waals surface area contributed by atoms with Gasteiger partial charge in [-0.05, 0) is 22.7 Å². The molecule has 0 N–H and O–H groups in total. The first kappa shape index (κ1) is 17.2. The minimum absolute atomic E-state index is 0.484. The summed E-state index contributed by atoms with van der Waals surface area (Å²) in [6.45, 7) is 13.4. The number of aromatic nitrogens is 2. The van der Waals surface area contributed by atoms with E-state index in [1.54, 1.807) is 18.5 Å². The van der Waals surface area contributed by atoms with Crippen LogP contribution in [0.1, 0.15) is 47.4 Å². The van der Waals surface area contributed by atoms with Crippen LogP contribution in [0.2, 0.25) is 16.6 Å². The highest BCUT2D eigenvalue weighted by atomic mass is 35.5. The van der Waals surface area contributed by atoms with E-state index in [2.05, 4.69) is 51.5 Å². The van der Waals surface area contributed by atoms with Gasteiger partial charge in [-0.3, -0.25) is 0 Å². The summed E-state index contributed by atoms with van der Waals surface area (Å²) in [6.07, 6.45) is 3.41. The van der Waals surface area contributed by atoms with Gasteiger partial charge in [0.2, 0.25) is 0 Å². The zero-order chi connectivity index (χ0) is 15.3. The molecule has 0 spiro atoms. The highest BCUT2D eigenvalue weighted by Gasteiger charge is 2.47. The van der Waals surface area contributed by atoms with Crippen LogP contribution in [0, 0.1) is 0 Å². The van der Waals surface area contributed by atoms with Crippen LogP contribution < -0.4 is 0 Å². The van der Waals surface area contributed by atoms with E-state index < -0.39 is 8.32 Å². The molecule has 5 heteroatoms. The Bertz CT molecular complexity index is 425. The Labute approximate surface area is 128 Å². The van der Waals surface area contributed by atoms with E-state index in [1.165, 1.54) is 5.54 Å². The molecule has 0 aliphatic rings. The van der Waals surface area contributed by atoms with Crippen LogP contribution >= 0.6 is 11.6 Å². The molecule has 0 saturated heterocycles. The second kappa shape index (κ2) is 7.23. The second-order valence-corrected chi connectivity index (χ2v) is 11.6. The van der Waals surface area contributed by atoms with Crippen LogP contribution in [0.4, 0.5) is 0 Å². The predicted octanol–water partition coefficient (Wildman–Crippen LogP) is 5.21. The van der Waals surface area contributed by atoms with Gasteiger partial charge in [-0.2, -0.15) is 0 Å². The van der Waals surface area contributed by atoms with Gasteiger partial charge < -0.3 is 4.43 Å². The van der Waals surface area contributed by atoms with Crippen molar-refractivity contribution in [2.45, 2.75) is 58.2 Å². The van der Waals surface area contributed by atoms with Crippen molar-refractivity contribution >= 4 is 25.7 Å². The number of nitrogens with zero attached hydrogens (tertiary/aromatic N) is 2. The molecule has 0 bridgehead atoms. The maximum absolute atomic E-state index is 6.50. The molecule has 0 radical (unpaired) electrons. The van der Waals surface area contributed by atoms with E-state index in [0.717, 1.165) is 0 Å². The molecule has 1 aromatic rings. The predicted molar refractivity (Wildman–Crippen MR) is 88.0 cm³/mol. The molecule has 20 heavy (non-hydrogen) atoms. The summed E-state index contributed by atoms with van der Waals surface area (Å²) in [5.41, 5.74) is 2.91. The van der Waals surface area contributed by atoms with Crippen LogP contribution in [0.5, 0.6) is 0 Å². The first-order chi connectivity index (χ1) is 9.36. The fourth-order valence-electron chi connectivity index (χ4n) is 3.09. The number of hydrogen-bond donors (Lipinski definition) is 0. The number of rotatable bonds is 6. The maximum Gasteiger partial charge on any atom is 0.258 e. The summed E-state index contributed by atoms with van der Waals surface area (Å²) in [5.74, 6) is 1.15. The lowest BCUT2D eigenvalue weighted by Gasteiger charge is -2.42. The van der Waals surface area contributed by atoms with Gasteiger partial charge in [0.15, 0.2) is 11.6 Å². The molecule has 0 amide bonds. The van der Waals surface area contributed by atoms with E-state index >= 15 is 0 Å². The summed E-state index contributed by atoms with van der Waals surface area (Å²) >= 11 is 5.98.